The van der Waals surface area contributed by atoms with Gasteiger partial charge in [-0.25, -0.2) is 0 Å². The average molecular weight is 219 g/mol. The van der Waals surface area contributed by atoms with Crippen molar-refractivity contribution in [2.75, 3.05) is 46.9 Å². The third-order valence-corrected chi connectivity index (χ3v) is 1.62. The van der Waals surface area contributed by atoms with Gasteiger partial charge in [-0.1, -0.05) is 0 Å². The largest absolute Gasteiger partial charge is 0.390 e. The van der Waals surface area contributed by atoms with Gasteiger partial charge in [-0.2, -0.15) is 0 Å². The highest BCUT2D eigenvalue weighted by Gasteiger charge is 2.03. The number of nitrogens with zero attached hydrogens (tertiary/aromatic N) is 1. The number of rotatable bonds is 9. The molecule has 1 unspecified atom stereocenters. The fraction of sp³-hybridized carbons (Fsp3) is 0.889. The van der Waals surface area contributed by atoms with Crippen molar-refractivity contribution in [1.29, 1.82) is 0 Å². The van der Waals surface area contributed by atoms with Gasteiger partial charge >= 0.3 is 0 Å². The molecule has 0 saturated heterocycles. The lowest BCUT2D eigenvalue weighted by atomic mass is 10.3. The number of hydrogen-bond acceptors (Lipinski definition) is 5. The van der Waals surface area contributed by atoms with Crippen LogP contribution in [-0.2, 0) is 9.53 Å². The maximum atomic E-state index is 10.3. The molecule has 0 aromatic rings. The molecule has 1 amide bonds. The number of amides is 1. The summed E-state index contributed by atoms with van der Waals surface area (Å²) in [6.07, 6.45) is -0.392. The van der Waals surface area contributed by atoms with E-state index in [1.54, 1.807) is 0 Å². The molecule has 0 heterocycles. The van der Waals surface area contributed by atoms with Crippen LogP contribution in [0.5, 0.6) is 0 Å². The third-order valence-electron chi connectivity index (χ3n) is 1.62. The van der Waals surface area contributed by atoms with Crippen LogP contribution in [0.25, 0.3) is 0 Å². The van der Waals surface area contributed by atoms with Crippen LogP contribution >= 0.6 is 0 Å². The van der Waals surface area contributed by atoms with Gasteiger partial charge in [-0.05, 0) is 14.1 Å². The van der Waals surface area contributed by atoms with E-state index < -0.39 is 12.0 Å². The van der Waals surface area contributed by atoms with Gasteiger partial charge in [0, 0.05) is 19.6 Å². The van der Waals surface area contributed by atoms with Gasteiger partial charge in [0.15, 0.2) is 0 Å². The maximum absolute atomic E-state index is 10.3. The van der Waals surface area contributed by atoms with E-state index in [0.29, 0.717) is 26.2 Å². The molecule has 0 rings (SSSR count). The van der Waals surface area contributed by atoms with E-state index in [1.165, 1.54) is 0 Å². The number of nitrogens with one attached hydrogen (secondary N) is 1. The Morgan fingerprint density at radius 1 is 1.60 bits per heavy atom. The lowest BCUT2D eigenvalue weighted by molar-refractivity contribution is -0.122. The molecular formula is C9H21N3O3. The highest BCUT2D eigenvalue weighted by atomic mass is 16.5. The Morgan fingerprint density at radius 2 is 2.27 bits per heavy atom. The molecule has 0 fully saturated rings. The summed E-state index contributed by atoms with van der Waals surface area (Å²) in [6.45, 7) is 2.09. The number of ether oxygens (including phenoxy) is 1. The molecule has 0 aromatic heterocycles. The van der Waals surface area contributed by atoms with Crippen LogP contribution in [0.4, 0.5) is 0 Å². The summed E-state index contributed by atoms with van der Waals surface area (Å²) < 4.78 is 4.93. The van der Waals surface area contributed by atoms with Crippen molar-refractivity contribution in [1.82, 2.24) is 10.2 Å². The van der Waals surface area contributed by atoms with Gasteiger partial charge in [0.1, 0.15) is 6.61 Å². The zero-order chi connectivity index (χ0) is 11.7. The van der Waals surface area contributed by atoms with E-state index >= 15 is 0 Å². The molecule has 0 aliphatic rings. The van der Waals surface area contributed by atoms with Crippen molar-refractivity contribution in [3.05, 3.63) is 0 Å². The number of carbonyl (C=O) groups excluding carboxylic acids is 1. The lowest BCUT2D eigenvalue weighted by Crippen LogP contribution is -2.36. The van der Waals surface area contributed by atoms with Crippen LogP contribution in [0, 0.1) is 0 Å². The minimum atomic E-state index is -0.470. The summed E-state index contributed by atoms with van der Waals surface area (Å²) in [6, 6.07) is 0. The molecule has 0 aliphatic heterocycles. The van der Waals surface area contributed by atoms with E-state index in [2.05, 4.69) is 5.32 Å². The van der Waals surface area contributed by atoms with Crippen LogP contribution in [0.2, 0.25) is 0 Å². The summed E-state index contributed by atoms with van der Waals surface area (Å²) in [5, 5.41) is 12.5. The predicted octanol–water partition coefficient (Wildman–Crippen LogP) is -2.00. The lowest BCUT2D eigenvalue weighted by Gasteiger charge is -2.16. The summed E-state index contributed by atoms with van der Waals surface area (Å²) in [5.41, 5.74) is 4.88. The highest BCUT2D eigenvalue weighted by Crippen LogP contribution is 1.83. The molecule has 0 aromatic carbocycles. The van der Waals surface area contributed by atoms with E-state index in [-0.39, 0.29) is 6.61 Å². The molecule has 6 heteroatoms. The quantitative estimate of drug-likeness (QED) is 0.390. The molecule has 0 aliphatic carbocycles. The van der Waals surface area contributed by atoms with Crippen molar-refractivity contribution in [3.63, 3.8) is 0 Å². The Bertz CT molecular complexity index is 176. The Balaban J connectivity index is 3.20. The third kappa shape index (κ3) is 11.2. The first-order valence-corrected chi connectivity index (χ1v) is 4.92. The van der Waals surface area contributed by atoms with Gasteiger partial charge in [0.2, 0.25) is 5.91 Å². The van der Waals surface area contributed by atoms with E-state index in [4.69, 9.17) is 10.5 Å². The first-order valence-electron chi connectivity index (χ1n) is 4.92. The number of carbonyl (C=O) groups is 1. The first kappa shape index (κ1) is 14.3. The SMILES string of the molecule is CN(C)CC(O)CNCCOCC(N)=O. The van der Waals surface area contributed by atoms with Crippen molar-refractivity contribution < 1.29 is 14.6 Å². The summed E-state index contributed by atoms with van der Waals surface area (Å²) in [5.74, 6) is -0.470. The van der Waals surface area contributed by atoms with Crippen LogP contribution in [0.15, 0.2) is 0 Å². The minimum absolute atomic E-state index is 0.0536. The van der Waals surface area contributed by atoms with Gasteiger partial charge in [0.25, 0.3) is 0 Å². The van der Waals surface area contributed by atoms with Crippen molar-refractivity contribution in [2.24, 2.45) is 5.73 Å². The monoisotopic (exact) mass is 219 g/mol. The van der Waals surface area contributed by atoms with E-state index in [9.17, 15) is 9.90 Å². The number of primary amides is 1. The van der Waals surface area contributed by atoms with Gasteiger partial charge in [0.05, 0.1) is 12.7 Å². The molecule has 4 N–H and O–H groups in total. The molecule has 0 bridgehead atoms. The van der Waals surface area contributed by atoms with Crippen molar-refractivity contribution >= 4 is 5.91 Å². The second kappa shape index (κ2) is 8.60. The Hall–Kier alpha value is -0.690. The fourth-order valence-corrected chi connectivity index (χ4v) is 1.07. The molecule has 15 heavy (non-hydrogen) atoms. The normalized spacial score (nSPS) is 13.1. The number of hydrogen-bond donors (Lipinski definition) is 3. The van der Waals surface area contributed by atoms with Gasteiger partial charge in [-0.3, -0.25) is 4.79 Å². The predicted molar refractivity (Wildman–Crippen MR) is 57.4 cm³/mol. The molecule has 0 saturated carbocycles. The van der Waals surface area contributed by atoms with Crippen LogP contribution in [0.3, 0.4) is 0 Å². The second-order valence-corrected chi connectivity index (χ2v) is 3.64. The first-order chi connectivity index (χ1) is 7.02. The fourth-order valence-electron chi connectivity index (χ4n) is 1.07. The van der Waals surface area contributed by atoms with Crippen LogP contribution in [-0.4, -0.2) is 69.0 Å². The molecular weight excluding hydrogens is 198 g/mol. The van der Waals surface area contributed by atoms with Crippen LogP contribution < -0.4 is 11.1 Å². The molecule has 90 valence electrons. The van der Waals surface area contributed by atoms with E-state index in [1.807, 2.05) is 19.0 Å². The summed E-state index contributed by atoms with van der Waals surface area (Å²) in [4.78, 5) is 12.2. The molecule has 0 spiro atoms. The van der Waals surface area contributed by atoms with E-state index in [0.717, 1.165) is 0 Å². The zero-order valence-corrected chi connectivity index (χ0v) is 9.40. The average Bonchev–Trinajstić information content (AvgIpc) is 2.09. The van der Waals surface area contributed by atoms with Crippen molar-refractivity contribution in [2.45, 2.75) is 6.10 Å². The molecule has 6 nitrogen and oxygen atoms in total. The smallest absolute Gasteiger partial charge is 0.243 e. The number of aliphatic hydroxyl groups excluding tert-OH is 1. The summed E-state index contributed by atoms with van der Waals surface area (Å²) in [7, 11) is 3.80. The van der Waals surface area contributed by atoms with Gasteiger partial charge < -0.3 is 25.8 Å². The molecule has 1 atom stereocenters. The standard InChI is InChI=1S/C9H21N3O3/c1-12(2)6-8(13)5-11-3-4-15-7-9(10)14/h8,11,13H,3-7H2,1-2H3,(H2,10,14). The maximum Gasteiger partial charge on any atom is 0.243 e. The number of nitrogens with two attached hydrogens (primary N) is 1. The Morgan fingerprint density at radius 3 is 2.80 bits per heavy atom. The molecule has 0 radical (unpaired) electrons. The van der Waals surface area contributed by atoms with Crippen molar-refractivity contribution in [3.8, 4) is 0 Å². The van der Waals surface area contributed by atoms with Crippen LogP contribution in [0.1, 0.15) is 0 Å². The minimum Gasteiger partial charge on any atom is -0.390 e. The number of likely N-dealkylation sites (N-methyl/N-ethyl adjacent to an activating group) is 1. The zero-order valence-electron chi connectivity index (χ0n) is 9.40. The number of aliphatic hydroxyl groups is 1. The van der Waals surface area contributed by atoms with Gasteiger partial charge in [-0.15, -0.1) is 0 Å². The topological polar surface area (TPSA) is 87.8 Å². The Kier molecular flexibility index (Phi) is 8.21. The summed E-state index contributed by atoms with van der Waals surface area (Å²) >= 11 is 0. The Labute approximate surface area is 90.4 Å². The second-order valence-electron chi connectivity index (χ2n) is 3.64. The highest BCUT2D eigenvalue weighted by molar-refractivity contribution is 5.74.